The number of aromatic hydroxyl groups is 1. The molecule has 372 valence electrons. The number of carbonyl (C=O) groups is 2. The molecule has 11 aromatic rings. The van der Waals surface area contributed by atoms with E-state index in [2.05, 4.69) is 5.32 Å². The summed E-state index contributed by atoms with van der Waals surface area (Å²) in [7, 11) is 0. The standard InChI is InChI=1S/C22H16ClNO4.C20H15NO3.C13H9NO3.C2H2Cl2O/c23-12-21(25)24-15-6-8-17-18-9-7-16(27-13-14-4-2-1-3-5-14)11-20(18)28-22(26)19(17)10-15;21-14-6-8-16-17-9-7-15(23-12-13-4-2-1-3-5-13)11-19(17)24-20(22)18(16)10-14;14-7-1-3-9-10-4-2-8(15)6-12(10)17-13(16)11(9)5-7;3-1-2(4)5/h1-11H,12-13H2,(H,24,25);1-11H,12,21H2;1-6,15H,14H2;1H2. The van der Waals surface area contributed by atoms with E-state index in [4.69, 9.17) is 69.0 Å². The zero-order chi connectivity index (χ0) is 52.3. The Kier molecular flexibility index (Phi) is 16.4. The molecule has 0 saturated carbocycles. The second-order valence-corrected chi connectivity index (χ2v) is 17.2. The average Bonchev–Trinajstić information content (AvgIpc) is 3.41. The number of amides is 1. The first-order chi connectivity index (χ1) is 35.8. The summed E-state index contributed by atoms with van der Waals surface area (Å²) in [5.74, 6) is 0.744. The molecule has 74 heavy (non-hydrogen) atoms. The first kappa shape index (κ1) is 51.5. The van der Waals surface area contributed by atoms with Crippen molar-refractivity contribution in [3.8, 4) is 17.2 Å². The fourth-order valence-corrected chi connectivity index (χ4v) is 7.78. The number of fused-ring (bicyclic) bond motifs is 9. The maximum Gasteiger partial charge on any atom is 0.344 e. The topological polar surface area (TPSA) is 228 Å². The van der Waals surface area contributed by atoms with E-state index >= 15 is 0 Å². The van der Waals surface area contributed by atoms with Gasteiger partial charge in [-0.1, -0.05) is 78.9 Å². The molecule has 0 aliphatic heterocycles. The van der Waals surface area contributed by atoms with E-state index in [0.29, 0.717) is 74.7 Å². The Hall–Kier alpha value is -8.82. The minimum Gasteiger partial charge on any atom is -0.508 e. The van der Waals surface area contributed by atoms with Crippen molar-refractivity contribution in [1.29, 1.82) is 0 Å². The molecule has 17 heteroatoms. The second kappa shape index (κ2) is 23.6. The van der Waals surface area contributed by atoms with Crippen molar-refractivity contribution in [3.05, 3.63) is 212 Å². The van der Waals surface area contributed by atoms with Crippen molar-refractivity contribution in [2.24, 2.45) is 0 Å². The fraction of sp³-hybridized carbons (Fsp3) is 0.0702. The van der Waals surface area contributed by atoms with Crippen molar-refractivity contribution in [1.82, 2.24) is 0 Å². The highest BCUT2D eigenvalue weighted by molar-refractivity contribution is 6.67. The highest BCUT2D eigenvalue weighted by atomic mass is 35.5. The highest BCUT2D eigenvalue weighted by Gasteiger charge is 2.13. The minimum atomic E-state index is -0.508. The molecule has 8 aromatic carbocycles. The summed E-state index contributed by atoms with van der Waals surface area (Å²) in [6.45, 7) is 0.883. The molecule has 3 heterocycles. The largest absolute Gasteiger partial charge is 0.508 e. The van der Waals surface area contributed by atoms with E-state index < -0.39 is 22.1 Å². The quantitative estimate of drug-likeness (QED) is 0.0347. The van der Waals surface area contributed by atoms with Gasteiger partial charge in [-0.15, -0.1) is 23.2 Å². The number of benzene rings is 8. The van der Waals surface area contributed by atoms with Crippen molar-refractivity contribution >= 4 is 128 Å². The minimum absolute atomic E-state index is 0.0652. The lowest BCUT2D eigenvalue weighted by Gasteiger charge is -2.09. The summed E-state index contributed by atoms with van der Waals surface area (Å²) in [6.07, 6.45) is 0. The normalized spacial score (nSPS) is 10.7. The lowest BCUT2D eigenvalue weighted by atomic mass is 10.1. The summed E-state index contributed by atoms with van der Waals surface area (Å²) < 4.78 is 27.6. The second-order valence-electron chi connectivity index (χ2n) is 16.3. The number of nitrogens with one attached hydrogen (secondary N) is 1. The summed E-state index contributed by atoms with van der Waals surface area (Å²) in [5.41, 5.74) is 15.1. The lowest BCUT2D eigenvalue weighted by Crippen LogP contribution is -2.12. The average molecular weight is 1050 g/mol. The van der Waals surface area contributed by atoms with Gasteiger partial charge in [-0.05, 0) is 95.5 Å². The predicted octanol–water partition coefficient (Wildman–Crippen LogP) is 12.0. The first-order valence-electron chi connectivity index (χ1n) is 22.4. The van der Waals surface area contributed by atoms with Gasteiger partial charge in [-0.2, -0.15) is 0 Å². The van der Waals surface area contributed by atoms with Crippen molar-refractivity contribution in [3.63, 3.8) is 0 Å². The van der Waals surface area contributed by atoms with E-state index in [1.807, 2.05) is 91.0 Å². The van der Waals surface area contributed by atoms with Gasteiger partial charge < -0.3 is 44.6 Å². The number of carbonyl (C=O) groups excluding carboxylic acids is 2. The highest BCUT2D eigenvalue weighted by Crippen LogP contribution is 2.31. The van der Waals surface area contributed by atoms with Gasteiger partial charge in [0.15, 0.2) is 0 Å². The Labute approximate surface area is 434 Å². The number of rotatable bonds is 9. The number of hydrogen-bond acceptors (Lipinski definition) is 13. The Morgan fingerprint density at radius 3 is 1.30 bits per heavy atom. The third kappa shape index (κ3) is 12.6. The molecule has 0 bridgehead atoms. The predicted molar refractivity (Wildman–Crippen MR) is 293 cm³/mol. The molecule has 0 fully saturated rings. The fourth-order valence-electron chi connectivity index (χ4n) is 7.71. The summed E-state index contributed by atoms with van der Waals surface area (Å²) in [4.78, 5) is 57.3. The Morgan fingerprint density at radius 1 is 0.473 bits per heavy atom. The van der Waals surface area contributed by atoms with E-state index in [1.165, 1.54) is 6.07 Å². The number of halogens is 3. The lowest BCUT2D eigenvalue weighted by molar-refractivity contribution is -0.114. The molecule has 0 radical (unpaired) electrons. The molecule has 11 rings (SSSR count). The zero-order valence-electron chi connectivity index (χ0n) is 38.8. The number of anilines is 3. The first-order valence-corrected chi connectivity index (χ1v) is 23.9. The van der Waals surface area contributed by atoms with Crippen LogP contribution in [0.4, 0.5) is 17.1 Å². The monoisotopic (exact) mass is 1050 g/mol. The molecule has 0 aliphatic rings. The van der Waals surface area contributed by atoms with Gasteiger partial charge in [0.05, 0.1) is 22.0 Å². The van der Waals surface area contributed by atoms with E-state index in [0.717, 1.165) is 43.4 Å². The Balaban J connectivity index is 0.000000144. The third-order valence-corrected chi connectivity index (χ3v) is 11.9. The third-order valence-electron chi connectivity index (χ3n) is 11.1. The van der Waals surface area contributed by atoms with Crippen LogP contribution >= 0.6 is 34.8 Å². The summed E-state index contributed by atoms with van der Waals surface area (Å²) >= 11 is 15.1. The van der Waals surface area contributed by atoms with Gasteiger partial charge in [0.2, 0.25) is 11.1 Å². The van der Waals surface area contributed by atoms with Crippen LogP contribution in [0.3, 0.4) is 0 Å². The number of phenolic OH excluding ortho intramolecular Hbond substituents is 1. The summed E-state index contributed by atoms with van der Waals surface area (Å²) in [6, 6.07) is 50.8. The van der Waals surface area contributed by atoms with Gasteiger partial charge in [-0.25, -0.2) is 14.4 Å². The number of ether oxygens (including phenoxy) is 2. The smallest absolute Gasteiger partial charge is 0.344 e. The number of nitrogens with two attached hydrogens (primary N) is 2. The van der Waals surface area contributed by atoms with Crippen molar-refractivity contribution in [2.75, 3.05) is 28.5 Å². The maximum atomic E-state index is 12.4. The number of hydrogen-bond donors (Lipinski definition) is 4. The van der Waals surface area contributed by atoms with Crippen LogP contribution in [0.5, 0.6) is 17.2 Å². The number of alkyl halides is 2. The molecule has 6 N–H and O–H groups in total. The van der Waals surface area contributed by atoms with Crippen molar-refractivity contribution in [2.45, 2.75) is 13.2 Å². The van der Waals surface area contributed by atoms with Crippen LogP contribution < -0.4 is 43.1 Å². The van der Waals surface area contributed by atoms with Crippen LogP contribution in [0.15, 0.2) is 197 Å². The Bertz CT molecular complexity index is 4040. The van der Waals surface area contributed by atoms with Gasteiger partial charge in [-0.3, -0.25) is 9.59 Å². The van der Waals surface area contributed by atoms with Crippen LogP contribution in [0.2, 0.25) is 0 Å². The Morgan fingerprint density at radius 2 is 0.865 bits per heavy atom. The molecule has 0 spiro atoms. The molecule has 14 nitrogen and oxygen atoms in total. The maximum absolute atomic E-state index is 12.4. The molecular formula is C57H42Cl3N3O11. The molecule has 0 atom stereocenters. The zero-order valence-corrected chi connectivity index (χ0v) is 41.1. The molecule has 3 aromatic heterocycles. The van der Waals surface area contributed by atoms with Crippen LogP contribution in [-0.2, 0) is 22.8 Å². The van der Waals surface area contributed by atoms with Gasteiger partial charge in [0.25, 0.3) is 0 Å². The van der Waals surface area contributed by atoms with E-state index in [9.17, 15) is 29.1 Å². The number of phenols is 1. The SMILES string of the molecule is Nc1ccc2c(c1)c(=O)oc1cc(O)ccc12.Nc1ccc2c(c1)c(=O)oc1cc(OCc3ccccc3)ccc12.O=C(CCl)Nc1ccc2c(c1)c(=O)oc1cc(OCc3ccccc3)ccc12.O=C(Cl)CCl. The molecule has 0 unspecified atom stereocenters. The van der Waals surface area contributed by atoms with Gasteiger partial charge >= 0.3 is 16.9 Å². The van der Waals surface area contributed by atoms with Crippen LogP contribution in [0.1, 0.15) is 11.1 Å². The van der Waals surface area contributed by atoms with E-state index in [1.54, 1.807) is 72.8 Å². The molecule has 0 saturated heterocycles. The van der Waals surface area contributed by atoms with Crippen molar-refractivity contribution < 1.29 is 37.4 Å². The van der Waals surface area contributed by atoms with Crippen LogP contribution in [-0.4, -0.2) is 28.0 Å². The number of nitrogen functional groups attached to an aromatic ring is 2. The van der Waals surface area contributed by atoms with Gasteiger partial charge in [0.1, 0.15) is 53.1 Å². The molecule has 1 amide bonds. The van der Waals surface area contributed by atoms with Crippen LogP contribution in [0.25, 0.3) is 65.2 Å². The van der Waals surface area contributed by atoms with E-state index in [-0.39, 0.29) is 23.4 Å². The summed E-state index contributed by atoms with van der Waals surface area (Å²) in [5, 5.41) is 17.6. The molecule has 0 aliphatic carbocycles. The van der Waals surface area contributed by atoms with Gasteiger partial charge in [0, 0.05) is 67.6 Å². The van der Waals surface area contributed by atoms with Crippen LogP contribution in [0, 0.1) is 0 Å². The molecular weight excluding hydrogens is 1010 g/mol.